The number of carbonyl (C=O) groups is 1. The molecule has 7 nitrogen and oxygen atoms in total. The lowest BCUT2D eigenvalue weighted by atomic mass is 9.86. The van der Waals surface area contributed by atoms with Gasteiger partial charge in [-0.1, -0.05) is 69.3 Å². The molecule has 5 rings (SSSR count). The van der Waals surface area contributed by atoms with Crippen molar-refractivity contribution < 1.29 is 14.3 Å². The van der Waals surface area contributed by atoms with Gasteiger partial charge in [0.05, 0.1) is 6.61 Å². The van der Waals surface area contributed by atoms with Crippen LogP contribution in [0.3, 0.4) is 0 Å². The summed E-state index contributed by atoms with van der Waals surface area (Å²) in [5.41, 5.74) is 3.46. The lowest BCUT2D eigenvalue weighted by molar-refractivity contribution is 0.137. The molecule has 0 bridgehead atoms. The first-order valence-corrected chi connectivity index (χ1v) is 14.6. The van der Waals surface area contributed by atoms with Crippen LogP contribution in [-0.2, 0) is 12.0 Å². The normalized spacial score (nSPS) is 14.3. The van der Waals surface area contributed by atoms with Crippen LogP contribution in [0.25, 0.3) is 0 Å². The van der Waals surface area contributed by atoms with Crippen molar-refractivity contribution in [2.75, 3.05) is 30.3 Å². The summed E-state index contributed by atoms with van der Waals surface area (Å²) < 4.78 is 12.3. The molecule has 2 N–H and O–H groups in total. The van der Waals surface area contributed by atoms with Gasteiger partial charge in [0.25, 0.3) is 0 Å². The summed E-state index contributed by atoms with van der Waals surface area (Å²) in [6.07, 6.45) is 3.91. The van der Waals surface area contributed by atoms with Crippen molar-refractivity contribution in [2.45, 2.75) is 45.6 Å². The molecule has 0 saturated carbocycles. The Morgan fingerprint density at radius 2 is 1.60 bits per heavy atom. The van der Waals surface area contributed by atoms with E-state index in [9.17, 15) is 4.79 Å². The Morgan fingerprint density at radius 1 is 0.881 bits per heavy atom. The van der Waals surface area contributed by atoms with E-state index in [0.29, 0.717) is 35.5 Å². The van der Waals surface area contributed by atoms with E-state index < -0.39 is 0 Å². The highest BCUT2D eigenvalue weighted by molar-refractivity contribution is 6.00. The van der Waals surface area contributed by atoms with Crippen LogP contribution in [0.1, 0.15) is 44.7 Å². The molecule has 1 aliphatic heterocycles. The van der Waals surface area contributed by atoms with Gasteiger partial charge in [-0.3, -0.25) is 4.90 Å². The average Bonchev–Trinajstić information content (AvgIpc) is 2.99. The molecule has 0 unspecified atom stereocenters. The van der Waals surface area contributed by atoms with E-state index in [4.69, 9.17) is 9.47 Å². The van der Waals surface area contributed by atoms with Crippen molar-refractivity contribution >= 4 is 17.4 Å². The lowest BCUT2D eigenvalue weighted by Gasteiger charge is -2.31. The van der Waals surface area contributed by atoms with Gasteiger partial charge in [-0.15, -0.1) is 0 Å². The van der Waals surface area contributed by atoms with Crippen molar-refractivity contribution in [3.8, 4) is 17.4 Å². The van der Waals surface area contributed by atoms with Gasteiger partial charge in [0.1, 0.15) is 17.2 Å². The molecule has 2 heterocycles. The third-order valence-electron chi connectivity index (χ3n) is 7.48. The highest BCUT2D eigenvalue weighted by Crippen LogP contribution is 2.35. The maximum absolute atomic E-state index is 12.8. The summed E-state index contributed by atoms with van der Waals surface area (Å²) in [7, 11) is 0. The fraction of sp³-hybridized carbons (Fsp3) is 0.314. The molecule has 1 saturated heterocycles. The SMILES string of the molecule is CC(C)(C)c1ccccc1Oc1ncccc1NC(=O)Nc1ccc(OCC2CCN(Cc3ccccc3)CC2)cc1. The standard InChI is InChI=1S/C35H40N4O3/c1-35(2,3)30-12-7-8-14-32(30)42-33-31(13-9-21-36-33)38-34(40)37-28-15-17-29(18-16-28)41-25-27-19-22-39(23-20-27)24-26-10-5-4-6-11-26/h4-18,21,27H,19-20,22-25H2,1-3H3,(H2,37,38,40). The maximum Gasteiger partial charge on any atom is 0.323 e. The molecule has 42 heavy (non-hydrogen) atoms. The Labute approximate surface area is 248 Å². The van der Waals surface area contributed by atoms with Gasteiger partial charge in [0.15, 0.2) is 0 Å². The van der Waals surface area contributed by atoms with Gasteiger partial charge in [-0.05, 0) is 85.3 Å². The number of nitrogens with one attached hydrogen (secondary N) is 2. The number of rotatable bonds is 9. The van der Waals surface area contributed by atoms with Gasteiger partial charge in [-0.25, -0.2) is 9.78 Å². The largest absolute Gasteiger partial charge is 0.493 e. The first-order valence-electron chi connectivity index (χ1n) is 14.6. The van der Waals surface area contributed by atoms with Crippen LogP contribution in [0.4, 0.5) is 16.2 Å². The second-order valence-corrected chi connectivity index (χ2v) is 11.8. The zero-order chi connectivity index (χ0) is 29.4. The van der Waals surface area contributed by atoms with Crippen molar-refractivity contribution in [3.05, 3.63) is 108 Å². The number of aromatic nitrogens is 1. The molecule has 218 valence electrons. The van der Waals surface area contributed by atoms with Crippen molar-refractivity contribution in [3.63, 3.8) is 0 Å². The van der Waals surface area contributed by atoms with E-state index in [0.717, 1.165) is 43.8 Å². The number of amides is 2. The highest BCUT2D eigenvalue weighted by Gasteiger charge is 2.21. The summed E-state index contributed by atoms with van der Waals surface area (Å²) in [6.45, 7) is 10.3. The van der Waals surface area contributed by atoms with E-state index in [1.807, 2.05) is 48.5 Å². The molecule has 0 radical (unpaired) electrons. The first-order chi connectivity index (χ1) is 20.3. The summed E-state index contributed by atoms with van der Waals surface area (Å²) in [6, 6.07) is 29.1. The van der Waals surface area contributed by atoms with Crippen LogP contribution in [0.2, 0.25) is 0 Å². The molecule has 1 aliphatic rings. The molecule has 4 aromatic rings. The van der Waals surface area contributed by atoms with Crippen LogP contribution in [-0.4, -0.2) is 35.6 Å². The third kappa shape index (κ3) is 8.10. The van der Waals surface area contributed by atoms with Crippen LogP contribution in [0.15, 0.2) is 97.2 Å². The van der Waals surface area contributed by atoms with E-state index in [1.165, 1.54) is 5.56 Å². The molecule has 7 heteroatoms. The molecule has 3 aromatic carbocycles. The number of hydrogen-bond donors (Lipinski definition) is 2. The van der Waals surface area contributed by atoms with Crippen molar-refractivity contribution in [1.82, 2.24) is 9.88 Å². The maximum atomic E-state index is 12.8. The van der Waals surface area contributed by atoms with Crippen LogP contribution in [0, 0.1) is 5.92 Å². The number of anilines is 2. The van der Waals surface area contributed by atoms with E-state index in [2.05, 4.69) is 71.6 Å². The summed E-state index contributed by atoms with van der Waals surface area (Å²) in [5, 5.41) is 5.75. The van der Waals surface area contributed by atoms with Gasteiger partial charge in [-0.2, -0.15) is 0 Å². The molecular formula is C35H40N4O3. The number of pyridine rings is 1. The van der Waals surface area contributed by atoms with Crippen LogP contribution >= 0.6 is 0 Å². The summed E-state index contributed by atoms with van der Waals surface area (Å²) in [4.78, 5) is 19.7. The molecule has 0 atom stereocenters. The number of piperidine rings is 1. The smallest absolute Gasteiger partial charge is 0.323 e. The third-order valence-corrected chi connectivity index (χ3v) is 7.48. The molecule has 0 aliphatic carbocycles. The highest BCUT2D eigenvalue weighted by atomic mass is 16.5. The minimum Gasteiger partial charge on any atom is -0.493 e. The number of ether oxygens (including phenoxy) is 2. The van der Waals surface area contributed by atoms with Gasteiger partial charge >= 0.3 is 6.03 Å². The number of carbonyl (C=O) groups excluding carboxylic acids is 1. The number of nitrogens with zero attached hydrogens (tertiary/aromatic N) is 2. The fourth-order valence-electron chi connectivity index (χ4n) is 5.13. The van der Waals surface area contributed by atoms with Gasteiger partial charge in [0, 0.05) is 24.0 Å². The molecule has 2 amide bonds. The minimum absolute atomic E-state index is 0.105. The molecule has 1 fully saturated rings. The number of hydrogen-bond acceptors (Lipinski definition) is 5. The zero-order valence-electron chi connectivity index (χ0n) is 24.7. The predicted octanol–water partition coefficient (Wildman–Crippen LogP) is 8.11. The molecule has 1 aromatic heterocycles. The van der Waals surface area contributed by atoms with Crippen molar-refractivity contribution in [1.29, 1.82) is 0 Å². The van der Waals surface area contributed by atoms with E-state index >= 15 is 0 Å². The first kappa shape index (κ1) is 29.1. The van der Waals surface area contributed by atoms with Gasteiger partial charge in [0.2, 0.25) is 5.88 Å². The average molecular weight is 565 g/mol. The second kappa shape index (κ2) is 13.5. The quantitative estimate of drug-likeness (QED) is 0.215. The summed E-state index contributed by atoms with van der Waals surface area (Å²) in [5.74, 6) is 2.39. The zero-order valence-corrected chi connectivity index (χ0v) is 24.7. The van der Waals surface area contributed by atoms with Crippen LogP contribution in [0.5, 0.6) is 17.4 Å². The Hall–Kier alpha value is -4.36. The Balaban J connectivity index is 1.09. The lowest BCUT2D eigenvalue weighted by Crippen LogP contribution is -2.35. The number of likely N-dealkylation sites (tertiary alicyclic amines) is 1. The number of urea groups is 1. The van der Waals surface area contributed by atoms with Crippen LogP contribution < -0.4 is 20.1 Å². The predicted molar refractivity (Wildman–Crippen MR) is 168 cm³/mol. The van der Waals surface area contributed by atoms with E-state index in [1.54, 1.807) is 18.3 Å². The monoisotopic (exact) mass is 564 g/mol. The Morgan fingerprint density at radius 3 is 2.33 bits per heavy atom. The number of para-hydroxylation sites is 1. The second-order valence-electron chi connectivity index (χ2n) is 11.8. The van der Waals surface area contributed by atoms with Gasteiger partial charge < -0.3 is 20.1 Å². The van der Waals surface area contributed by atoms with Crippen molar-refractivity contribution in [2.24, 2.45) is 5.92 Å². The molecular weight excluding hydrogens is 524 g/mol. The number of benzene rings is 3. The molecule has 0 spiro atoms. The minimum atomic E-state index is -0.382. The fourth-order valence-corrected chi connectivity index (χ4v) is 5.13. The topological polar surface area (TPSA) is 75.7 Å². The summed E-state index contributed by atoms with van der Waals surface area (Å²) >= 11 is 0. The van der Waals surface area contributed by atoms with E-state index in [-0.39, 0.29) is 11.4 Å². The Bertz CT molecular complexity index is 1440. The Kier molecular flexibility index (Phi) is 9.39.